The predicted molar refractivity (Wildman–Crippen MR) is 98.5 cm³/mol. The topological polar surface area (TPSA) is 66.5 Å². The Hall–Kier alpha value is -0.0900. The lowest BCUT2D eigenvalue weighted by molar-refractivity contribution is 0.144. The smallest absolute Gasteiger partial charge is 0.0894 e. The number of unbranched alkanes of at least 4 members (excludes halogenated alkanes) is 11. The summed E-state index contributed by atoms with van der Waals surface area (Å²) in [6.45, 7) is 2.08. The molecule has 0 spiro atoms. The van der Waals surface area contributed by atoms with Crippen LogP contribution in [0.3, 0.4) is 0 Å². The molecule has 0 aromatic rings. The van der Waals surface area contributed by atoms with Crippen molar-refractivity contribution in [2.75, 3.05) is 6.61 Å². The van der Waals surface area contributed by atoms with Crippen LogP contribution in [0.2, 0.25) is 0 Å². The SMILES string of the molecule is CCCCCCCCCCCCC/C=C/[C@H](O)[C@H](N)CO.Cl. The number of nitrogens with two attached hydrogens (primary N) is 1. The monoisotopic (exact) mass is 335 g/mol. The zero-order valence-corrected chi connectivity index (χ0v) is 15.2. The third-order valence-electron chi connectivity index (χ3n) is 3.96. The van der Waals surface area contributed by atoms with Crippen molar-refractivity contribution in [3.8, 4) is 0 Å². The van der Waals surface area contributed by atoms with E-state index >= 15 is 0 Å². The molecular weight excluding hydrogens is 298 g/mol. The van der Waals surface area contributed by atoms with Gasteiger partial charge in [-0.05, 0) is 12.8 Å². The average molecular weight is 336 g/mol. The zero-order chi connectivity index (χ0) is 15.8. The average Bonchev–Trinajstić information content (AvgIpc) is 2.50. The molecule has 0 radical (unpaired) electrons. The molecule has 0 saturated carbocycles. The molecule has 0 aliphatic rings. The largest absolute Gasteiger partial charge is 0.395 e. The number of hydrogen-bond donors (Lipinski definition) is 3. The lowest BCUT2D eigenvalue weighted by Gasteiger charge is -2.11. The molecule has 0 amide bonds. The summed E-state index contributed by atoms with van der Waals surface area (Å²) in [7, 11) is 0. The molecule has 0 aliphatic heterocycles. The quantitative estimate of drug-likeness (QED) is 0.308. The van der Waals surface area contributed by atoms with E-state index in [1.165, 1.54) is 70.6 Å². The Morgan fingerprint density at radius 1 is 0.864 bits per heavy atom. The number of rotatable bonds is 15. The van der Waals surface area contributed by atoms with Gasteiger partial charge in [-0.1, -0.05) is 83.3 Å². The van der Waals surface area contributed by atoms with E-state index in [-0.39, 0.29) is 19.0 Å². The van der Waals surface area contributed by atoms with Crippen molar-refractivity contribution in [1.82, 2.24) is 0 Å². The number of allylic oxidation sites excluding steroid dienone is 1. The highest BCUT2D eigenvalue weighted by Gasteiger charge is 2.08. The fraction of sp³-hybridized carbons (Fsp3) is 0.889. The molecule has 0 unspecified atom stereocenters. The van der Waals surface area contributed by atoms with Gasteiger partial charge in [0.15, 0.2) is 0 Å². The minimum Gasteiger partial charge on any atom is -0.395 e. The van der Waals surface area contributed by atoms with Gasteiger partial charge in [-0.15, -0.1) is 12.4 Å². The van der Waals surface area contributed by atoms with Gasteiger partial charge in [-0.3, -0.25) is 0 Å². The molecule has 0 aliphatic carbocycles. The maximum Gasteiger partial charge on any atom is 0.0894 e. The molecule has 0 bridgehead atoms. The Bertz CT molecular complexity index is 237. The fourth-order valence-electron chi connectivity index (χ4n) is 2.41. The maximum absolute atomic E-state index is 9.52. The number of aliphatic hydroxyl groups is 2. The summed E-state index contributed by atoms with van der Waals surface area (Å²) in [4.78, 5) is 0. The molecule has 0 saturated heterocycles. The van der Waals surface area contributed by atoms with Crippen molar-refractivity contribution < 1.29 is 10.2 Å². The van der Waals surface area contributed by atoms with E-state index in [0.29, 0.717) is 0 Å². The van der Waals surface area contributed by atoms with Crippen LogP contribution in [0.5, 0.6) is 0 Å². The van der Waals surface area contributed by atoms with E-state index in [1.807, 2.05) is 6.08 Å². The summed E-state index contributed by atoms with van der Waals surface area (Å²) in [5.41, 5.74) is 5.51. The van der Waals surface area contributed by atoms with Crippen LogP contribution in [-0.4, -0.2) is 29.0 Å². The second-order valence-corrected chi connectivity index (χ2v) is 6.09. The van der Waals surface area contributed by atoms with Crippen LogP contribution >= 0.6 is 12.4 Å². The lowest BCUT2D eigenvalue weighted by Crippen LogP contribution is -2.36. The van der Waals surface area contributed by atoms with Crippen molar-refractivity contribution in [3.05, 3.63) is 12.2 Å². The normalized spacial score (nSPS) is 14.0. The fourth-order valence-corrected chi connectivity index (χ4v) is 2.41. The van der Waals surface area contributed by atoms with Gasteiger partial charge in [0.05, 0.1) is 18.8 Å². The van der Waals surface area contributed by atoms with Gasteiger partial charge in [-0.25, -0.2) is 0 Å². The van der Waals surface area contributed by atoms with E-state index in [0.717, 1.165) is 6.42 Å². The Morgan fingerprint density at radius 2 is 1.32 bits per heavy atom. The van der Waals surface area contributed by atoms with Gasteiger partial charge in [0.25, 0.3) is 0 Å². The van der Waals surface area contributed by atoms with Crippen LogP contribution in [0.15, 0.2) is 12.2 Å². The Kier molecular flexibility index (Phi) is 20.8. The van der Waals surface area contributed by atoms with E-state index < -0.39 is 12.1 Å². The second kappa shape index (κ2) is 19.0. The second-order valence-electron chi connectivity index (χ2n) is 6.09. The van der Waals surface area contributed by atoms with Gasteiger partial charge in [0.1, 0.15) is 0 Å². The Balaban J connectivity index is 0. The van der Waals surface area contributed by atoms with Crippen molar-refractivity contribution in [1.29, 1.82) is 0 Å². The summed E-state index contributed by atoms with van der Waals surface area (Å²) in [5.74, 6) is 0. The van der Waals surface area contributed by atoms with Crippen molar-refractivity contribution in [3.63, 3.8) is 0 Å². The number of aliphatic hydroxyl groups excluding tert-OH is 2. The van der Waals surface area contributed by atoms with Crippen LogP contribution in [0.1, 0.15) is 84.0 Å². The van der Waals surface area contributed by atoms with Gasteiger partial charge in [-0.2, -0.15) is 0 Å². The standard InChI is InChI=1S/C18H37NO2.ClH/c1-2-3-4-5-6-7-8-9-10-11-12-13-14-15-18(21)17(19)16-20;/h14-15,17-18,20-21H,2-13,16,19H2,1H3;1H/b15-14+;/t17-,18+;/m1./s1. The highest BCUT2D eigenvalue weighted by molar-refractivity contribution is 5.85. The summed E-state index contributed by atoms with van der Waals surface area (Å²) < 4.78 is 0. The molecule has 0 aromatic carbocycles. The summed E-state index contributed by atoms with van der Waals surface area (Å²) in [5, 5.41) is 18.3. The zero-order valence-electron chi connectivity index (χ0n) is 14.4. The minimum absolute atomic E-state index is 0. The molecule has 0 heterocycles. The summed E-state index contributed by atoms with van der Waals surface area (Å²) in [6.07, 6.45) is 18.8. The first-order valence-electron chi connectivity index (χ1n) is 8.93. The minimum atomic E-state index is -0.720. The Morgan fingerprint density at radius 3 is 1.77 bits per heavy atom. The molecule has 2 atom stereocenters. The first-order valence-corrected chi connectivity index (χ1v) is 8.93. The summed E-state index contributed by atoms with van der Waals surface area (Å²) >= 11 is 0. The number of halogens is 1. The summed E-state index contributed by atoms with van der Waals surface area (Å²) in [6, 6.07) is -0.557. The van der Waals surface area contributed by atoms with Crippen LogP contribution in [0.4, 0.5) is 0 Å². The maximum atomic E-state index is 9.52. The molecule has 134 valence electrons. The van der Waals surface area contributed by atoms with Crippen molar-refractivity contribution in [2.45, 2.75) is 96.1 Å². The van der Waals surface area contributed by atoms with E-state index in [4.69, 9.17) is 10.8 Å². The van der Waals surface area contributed by atoms with Crippen molar-refractivity contribution >= 4 is 12.4 Å². The van der Waals surface area contributed by atoms with Crippen molar-refractivity contribution in [2.24, 2.45) is 5.73 Å². The third kappa shape index (κ3) is 16.3. The molecular formula is C18H38ClNO2. The third-order valence-corrected chi connectivity index (χ3v) is 3.96. The highest BCUT2D eigenvalue weighted by atomic mass is 35.5. The highest BCUT2D eigenvalue weighted by Crippen LogP contribution is 2.12. The lowest BCUT2D eigenvalue weighted by atomic mass is 10.0. The number of hydrogen-bond acceptors (Lipinski definition) is 3. The molecule has 0 fully saturated rings. The van der Waals surface area contributed by atoms with Gasteiger partial charge in [0, 0.05) is 0 Å². The molecule has 4 N–H and O–H groups in total. The van der Waals surface area contributed by atoms with Crippen LogP contribution in [0, 0.1) is 0 Å². The molecule has 22 heavy (non-hydrogen) atoms. The van der Waals surface area contributed by atoms with Gasteiger partial charge in [0.2, 0.25) is 0 Å². The van der Waals surface area contributed by atoms with E-state index in [1.54, 1.807) is 6.08 Å². The first-order chi connectivity index (χ1) is 10.2. The molecule has 0 rings (SSSR count). The predicted octanol–water partition coefficient (Wildman–Crippen LogP) is 4.35. The van der Waals surface area contributed by atoms with E-state index in [2.05, 4.69) is 6.92 Å². The van der Waals surface area contributed by atoms with Crippen LogP contribution in [-0.2, 0) is 0 Å². The first kappa shape index (κ1) is 24.2. The van der Waals surface area contributed by atoms with Gasteiger partial charge >= 0.3 is 0 Å². The van der Waals surface area contributed by atoms with Crippen LogP contribution in [0.25, 0.3) is 0 Å². The molecule has 4 heteroatoms. The Labute approximate surface area is 143 Å². The van der Waals surface area contributed by atoms with Crippen LogP contribution < -0.4 is 5.73 Å². The van der Waals surface area contributed by atoms with Gasteiger partial charge < -0.3 is 15.9 Å². The molecule has 0 aromatic heterocycles. The molecule has 3 nitrogen and oxygen atoms in total. The van der Waals surface area contributed by atoms with E-state index in [9.17, 15) is 5.11 Å².